The van der Waals surface area contributed by atoms with E-state index in [0.29, 0.717) is 5.88 Å². The Morgan fingerprint density at radius 1 is 1.47 bits per heavy atom. The fourth-order valence-corrected chi connectivity index (χ4v) is 2.24. The van der Waals surface area contributed by atoms with E-state index in [0.717, 1.165) is 34.2 Å². The van der Waals surface area contributed by atoms with E-state index in [4.69, 9.17) is 16.0 Å². The Hall–Kier alpha value is -0.870. The topological polar surface area (TPSA) is 38.9 Å². The first-order valence-electron chi connectivity index (χ1n) is 4.73. The lowest BCUT2D eigenvalue weighted by molar-refractivity contribution is 0.535. The molecule has 0 fully saturated rings. The second-order valence-electron chi connectivity index (χ2n) is 3.24. The van der Waals surface area contributed by atoms with Crippen LogP contribution in [-0.2, 0) is 6.42 Å². The minimum Gasteiger partial charge on any atom is -0.469 e. The smallest absolute Gasteiger partial charge is 0.151 e. The van der Waals surface area contributed by atoms with Crippen LogP contribution in [-0.4, -0.2) is 16.1 Å². The third-order valence-electron chi connectivity index (χ3n) is 1.97. The quantitative estimate of drug-likeness (QED) is 0.773. The standard InChI is InChI=1S/C10H11ClN2OS/c1-7-5-8(6-14-7)10-13-12-9(15-10)3-2-4-11/h5-6H,2-4H2,1H3. The summed E-state index contributed by atoms with van der Waals surface area (Å²) in [5.74, 6) is 1.56. The lowest BCUT2D eigenvalue weighted by atomic mass is 10.3. The Balaban J connectivity index is 2.13. The number of furan rings is 1. The van der Waals surface area contributed by atoms with Crippen molar-refractivity contribution in [2.45, 2.75) is 19.8 Å². The molecule has 5 heteroatoms. The molecule has 0 unspecified atom stereocenters. The predicted octanol–water partition coefficient (Wildman–Crippen LogP) is 3.28. The van der Waals surface area contributed by atoms with Gasteiger partial charge in [0.15, 0.2) is 5.01 Å². The zero-order valence-electron chi connectivity index (χ0n) is 8.36. The second-order valence-corrected chi connectivity index (χ2v) is 4.68. The first-order chi connectivity index (χ1) is 7.29. The predicted molar refractivity (Wildman–Crippen MR) is 61.4 cm³/mol. The van der Waals surface area contributed by atoms with Gasteiger partial charge in [-0.1, -0.05) is 11.3 Å². The molecule has 0 aliphatic heterocycles. The van der Waals surface area contributed by atoms with E-state index in [9.17, 15) is 0 Å². The van der Waals surface area contributed by atoms with E-state index in [1.54, 1.807) is 17.6 Å². The van der Waals surface area contributed by atoms with Gasteiger partial charge >= 0.3 is 0 Å². The fraction of sp³-hybridized carbons (Fsp3) is 0.400. The maximum atomic E-state index is 5.62. The third-order valence-corrected chi connectivity index (χ3v) is 3.27. The first-order valence-corrected chi connectivity index (χ1v) is 6.08. The first kappa shape index (κ1) is 10.6. The molecule has 2 aromatic heterocycles. The fourth-order valence-electron chi connectivity index (χ4n) is 1.24. The number of rotatable bonds is 4. The molecule has 0 radical (unpaired) electrons. The van der Waals surface area contributed by atoms with Crippen LogP contribution < -0.4 is 0 Å². The van der Waals surface area contributed by atoms with Gasteiger partial charge in [0.05, 0.1) is 5.56 Å². The van der Waals surface area contributed by atoms with E-state index in [-0.39, 0.29) is 0 Å². The Kier molecular flexibility index (Phi) is 3.38. The lowest BCUT2D eigenvalue weighted by Gasteiger charge is -1.87. The summed E-state index contributed by atoms with van der Waals surface area (Å²) in [6.07, 6.45) is 3.56. The molecule has 0 atom stereocenters. The van der Waals surface area contributed by atoms with Crippen LogP contribution in [0.5, 0.6) is 0 Å². The maximum Gasteiger partial charge on any atom is 0.151 e. The van der Waals surface area contributed by atoms with Crippen LogP contribution in [0, 0.1) is 6.92 Å². The SMILES string of the molecule is Cc1cc(-c2nnc(CCCCl)s2)co1. The largest absolute Gasteiger partial charge is 0.469 e. The van der Waals surface area contributed by atoms with Crippen LogP contribution >= 0.6 is 22.9 Å². The molecule has 2 rings (SSSR count). The highest BCUT2D eigenvalue weighted by molar-refractivity contribution is 7.14. The van der Waals surface area contributed by atoms with Gasteiger partial charge in [0, 0.05) is 12.3 Å². The van der Waals surface area contributed by atoms with Crippen molar-refractivity contribution in [3.05, 3.63) is 23.1 Å². The number of hydrogen-bond acceptors (Lipinski definition) is 4. The van der Waals surface area contributed by atoms with Gasteiger partial charge in [-0.25, -0.2) is 0 Å². The van der Waals surface area contributed by atoms with Gasteiger partial charge in [0.25, 0.3) is 0 Å². The summed E-state index contributed by atoms with van der Waals surface area (Å²) in [5.41, 5.74) is 1.00. The van der Waals surface area contributed by atoms with Crippen molar-refractivity contribution < 1.29 is 4.42 Å². The molecule has 0 aliphatic carbocycles. The van der Waals surface area contributed by atoms with Gasteiger partial charge in [-0.3, -0.25) is 0 Å². The summed E-state index contributed by atoms with van der Waals surface area (Å²) in [4.78, 5) is 0. The number of nitrogens with zero attached hydrogens (tertiary/aromatic N) is 2. The van der Waals surface area contributed by atoms with Crippen LogP contribution in [0.1, 0.15) is 17.2 Å². The zero-order valence-corrected chi connectivity index (χ0v) is 9.94. The summed E-state index contributed by atoms with van der Waals surface area (Å²) in [5, 5.41) is 10.2. The molecule has 80 valence electrons. The monoisotopic (exact) mass is 242 g/mol. The minimum absolute atomic E-state index is 0.666. The summed E-state index contributed by atoms with van der Waals surface area (Å²) in [6.45, 7) is 1.92. The van der Waals surface area contributed by atoms with Gasteiger partial charge in [-0.05, 0) is 19.4 Å². The van der Waals surface area contributed by atoms with E-state index in [2.05, 4.69) is 10.2 Å². The van der Waals surface area contributed by atoms with Crippen LogP contribution in [0.15, 0.2) is 16.7 Å². The summed E-state index contributed by atoms with van der Waals surface area (Å²) in [6, 6.07) is 1.96. The van der Waals surface area contributed by atoms with Gasteiger partial charge in [-0.15, -0.1) is 21.8 Å². The van der Waals surface area contributed by atoms with Gasteiger partial charge in [-0.2, -0.15) is 0 Å². The third kappa shape index (κ3) is 2.58. The highest BCUT2D eigenvalue weighted by Gasteiger charge is 2.08. The average molecular weight is 243 g/mol. The molecule has 2 aromatic rings. The number of hydrogen-bond donors (Lipinski definition) is 0. The molecule has 0 saturated carbocycles. The molecular formula is C10H11ClN2OS. The van der Waals surface area contributed by atoms with E-state index in [1.807, 2.05) is 13.0 Å². The number of aromatic nitrogens is 2. The van der Waals surface area contributed by atoms with Gasteiger partial charge < -0.3 is 4.42 Å². The van der Waals surface area contributed by atoms with E-state index >= 15 is 0 Å². The highest BCUT2D eigenvalue weighted by Crippen LogP contribution is 2.25. The average Bonchev–Trinajstić information content (AvgIpc) is 2.83. The van der Waals surface area contributed by atoms with Gasteiger partial charge in [0.2, 0.25) is 0 Å². The molecule has 0 aromatic carbocycles. The normalized spacial score (nSPS) is 10.8. The Labute approximate surface area is 97.1 Å². The molecule has 3 nitrogen and oxygen atoms in total. The molecule has 0 saturated heterocycles. The van der Waals surface area contributed by atoms with Crippen molar-refractivity contribution in [1.29, 1.82) is 0 Å². The molecule has 0 aliphatic rings. The molecule has 0 bridgehead atoms. The van der Waals surface area contributed by atoms with Crippen molar-refractivity contribution in [2.24, 2.45) is 0 Å². The Bertz CT molecular complexity index is 438. The summed E-state index contributed by atoms with van der Waals surface area (Å²) >= 11 is 7.22. The molecule has 0 spiro atoms. The van der Waals surface area contributed by atoms with Crippen molar-refractivity contribution in [2.75, 3.05) is 5.88 Å². The Morgan fingerprint density at radius 3 is 3.00 bits per heavy atom. The van der Waals surface area contributed by atoms with E-state index in [1.165, 1.54) is 0 Å². The van der Waals surface area contributed by atoms with Gasteiger partial charge in [0.1, 0.15) is 17.0 Å². The summed E-state index contributed by atoms with van der Waals surface area (Å²) < 4.78 is 5.23. The Morgan fingerprint density at radius 2 is 2.33 bits per heavy atom. The van der Waals surface area contributed by atoms with Crippen molar-refractivity contribution in [1.82, 2.24) is 10.2 Å². The summed E-state index contributed by atoms with van der Waals surface area (Å²) in [7, 11) is 0. The molecule has 0 N–H and O–H groups in total. The molecular weight excluding hydrogens is 232 g/mol. The van der Waals surface area contributed by atoms with Crippen LogP contribution in [0.4, 0.5) is 0 Å². The molecule has 0 amide bonds. The van der Waals surface area contributed by atoms with Crippen LogP contribution in [0.3, 0.4) is 0 Å². The second kappa shape index (κ2) is 4.77. The van der Waals surface area contributed by atoms with Crippen molar-refractivity contribution >= 4 is 22.9 Å². The highest BCUT2D eigenvalue weighted by atomic mass is 35.5. The van der Waals surface area contributed by atoms with Crippen molar-refractivity contribution in [3.63, 3.8) is 0 Å². The minimum atomic E-state index is 0.666. The van der Waals surface area contributed by atoms with Crippen LogP contribution in [0.25, 0.3) is 10.6 Å². The van der Waals surface area contributed by atoms with Crippen LogP contribution in [0.2, 0.25) is 0 Å². The van der Waals surface area contributed by atoms with Crippen molar-refractivity contribution in [3.8, 4) is 10.6 Å². The van der Waals surface area contributed by atoms with E-state index < -0.39 is 0 Å². The number of alkyl halides is 1. The molecule has 2 heterocycles. The molecule has 15 heavy (non-hydrogen) atoms. The number of halogens is 1. The number of aryl methyl sites for hydroxylation is 2. The zero-order chi connectivity index (χ0) is 10.7. The lowest BCUT2D eigenvalue weighted by Crippen LogP contribution is -1.84. The maximum absolute atomic E-state index is 5.62.